The number of nitrogens with zero attached hydrogens (tertiary/aromatic N) is 4. The zero-order valence-corrected chi connectivity index (χ0v) is 19.2. The number of likely N-dealkylation sites (tertiary alicyclic amines) is 1. The van der Waals surface area contributed by atoms with Crippen molar-refractivity contribution in [2.24, 2.45) is 0 Å². The highest BCUT2D eigenvalue weighted by Crippen LogP contribution is 2.40. The van der Waals surface area contributed by atoms with Crippen LogP contribution >= 0.6 is 11.6 Å². The summed E-state index contributed by atoms with van der Waals surface area (Å²) < 4.78 is 11.6. The molecule has 9 heteroatoms. The highest BCUT2D eigenvalue weighted by Gasteiger charge is 2.43. The van der Waals surface area contributed by atoms with Crippen LogP contribution in [0.1, 0.15) is 41.2 Å². The van der Waals surface area contributed by atoms with Gasteiger partial charge in [-0.1, -0.05) is 29.8 Å². The van der Waals surface area contributed by atoms with Crippen molar-refractivity contribution in [1.29, 1.82) is 0 Å². The van der Waals surface area contributed by atoms with Gasteiger partial charge >= 0.3 is 0 Å². The zero-order valence-electron chi connectivity index (χ0n) is 18.4. The summed E-state index contributed by atoms with van der Waals surface area (Å²) in [5, 5.41) is 1.15. The number of hydrogen-bond acceptors (Lipinski definition) is 6. The van der Waals surface area contributed by atoms with Gasteiger partial charge in [0.15, 0.2) is 11.4 Å². The van der Waals surface area contributed by atoms with E-state index >= 15 is 0 Å². The topological polar surface area (TPSA) is 84.9 Å². The van der Waals surface area contributed by atoms with Gasteiger partial charge in [-0.05, 0) is 35.9 Å². The highest BCUT2D eigenvalue weighted by molar-refractivity contribution is 6.29. The Hall–Kier alpha value is -3.07. The molecular weight excluding hydrogens is 456 g/mol. The van der Waals surface area contributed by atoms with E-state index in [1.807, 2.05) is 35.2 Å². The third-order valence-corrected chi connectivity index (χ3v) is 7.10. The fraction of sp³-hybridized carbons (Fsp3) is 0.360. The first-order chi connectivity index (χ1) is 16.5. The van der Waals surface area contributed by atoms with E-state index in [1.165, 1.54) is 0 Å². The van der Waals surface area contributed by atoms with Gasteiger partial charge in [0.2, 0.25) is 5.91 Å². The zero-order chi connectivity index (χ0) is 23.3. The molecule has 174 valence electrons. The minimum Gasteiger partial charge on any atom is -0.347 e. The molecule has 2 fully saturated rings. The fourth-order valence-corrected chi connectivity index (χ4v) is 5.28. The Morgan fingerprint density at radius 3 is 2.56 bits per heavy atom. The summed E-state index contributed by atoms with van der Waals surface area (Å²) in [7, 11) is 0. The van der Waals surface area contributed by atoms with Gasteiger partial charge in [0.05, 0.1) is 25.7 Å². The largest absolute Gasteiger partial charge is 0.347 e. The Balaban J connectivity index is 1.29. The number of aromatic nitrogens is 2. The average Bonchev–Trinajstić information content (AvgIpc) is 3.42. The number of halogens is 1. The Kier molecular flexibility index (Phi) is 5.24. The van der Waals surface area contributed by atoms with Crippen LogP contribution in [0.3, 0.4) is 0 Å². The summed E-state index contributed by atoms with van der Waals surface area (Å²) in [5.74, 6) is -0.268. The van der Waals surface area contributed by atoms with Crippen molar-refractivity contribution in [2.45, 2.75) is 31.1 Å². The van der Waals surface area contributed by atoms with Crippen LogP contribution < -0.4 is 4.90 Å². The van der Waals surface area contributed by atoms with Crippen LogP contribution in [-0.2, 0) is 14.3 Å². The van der Waals surface area contributed by atoms with E-state index in [9.17, 15) is 9.59 Å². The van der Waals surface area contributed by atoms with Crippen LogP contribution in [0.15, 0.2) is 48.5 Å². The van der Waals surface area contributed by atoms with Gasteiger partial charge < -0.3 is 14.4 Å². The number of anilines is 1. The van der Waals surface area contributed by atoms with E-state index in [-0.39, 0.29) is 18.2 Å². The smallest absolute Gasteiger partial charge is 0.260 e. The van der Waals surface area contributed by atoms with Gasteiger partial charge in [-0.15, -0.1) is 0 Å². The lowest BCUT2D eigenvalue weighted by Crippen LogP contribution is -2.48. The number of carbonyl (C=O) groups is 2. The summed E-state index contributed by atoms with van der Waals surface area (Å²) in [6.07, 6.45) is 1.47. The molecule has 3 aromatic rings. The normalized spacial score (nSPS) is 21.4. The Morgan fingerprint density at radius 1 is 1.03 bits per heavy atom. The van der Waals surface area contributed by atoms with Gasteiger partial charge in [-0.2, -0.15) is 0 Å². The number of carbonyl (C=O) groups excluding carboxylic acids is 2. The van der Waals surface area contributed by atoms with E-state index in [4.69, 9.17) is 21.1 Å². The summed E-state index contributed by atoms with van der Waals surface area (Å²) >= 11 is 6.06. The maximum absolute atomic E-state index is 13.4. The maximum atomic E-state index is 13.4. The fourth-order valence-electron chi connectivity index (χ4n) is 5.13. The molecule has 1 spiro atoms. The predicted molar refractivity (Wildman–Crippen MR) is 126 cm³/mol. The van der Waals surface area contributed by atoms with Crippen LogP contribution in [0.25, 0.3) is 11.0 Å². The van der Waals surface area contributed by atoms with E-state index in [0.717, 1.165) is 10.9 Å². The predicted octanol–water partition coefficient (Wildman–Crippen LogP) is 3.74. The summed E-state index contributed by atoms with van der Waals surface area (Å²) in [4.78, 5) is 39.2. The second-order valence-corrected chi connectivity index (χ2v) is 9.21. The first kappa shape index (κ1) is 21.5. The van der Waals surface area contributed by atoms with Crippen LogP contribution in [0.5, 0.6) is 0 Å². The monoisotopic (exact) mass is 478 g/mol. The van der Waals surface area contributed by atoms with Crippen LogP contribution in [0, 0.1) is 0 Å². The Bertz CT molecular complexity index is 1280. The van der Waals surface area contributed by atoms with Gasteiger partial charge in [0.1, 0.15) is 11.0 Å². The van der Waals surface area contributed by atoms with Crippen molar-refractivity contribution in [3.63, 3.8) is 0 Å². The van der Waals surface area contributed by atoms with E-state index in [0.29, 0.717) is 61.3 Å². The van der Waals surface area contributed by atoms with Gasteiger partial charge in [0, 0.05) is 36.9 Å². The molecule has 0 radical (unpaired) electrons. The molecule has 0 unspecified atom stereocenters. The van der Waals surface area contributed by atoms with Crippen molar-refractivity contribution in [3.8, 4) is 0 Å². The minimum absolute atomic E-state index is 0.00527. The molecule has 2 aromatic heterocycles. The number of benzene rings is 1. The number of pyridine rings is 2. The van der Waals surface area contributed by atoms with Crippen molar-refractivity contribution >= 4 is 40.3 Å². The standard InChI is InChI=1S/C25H23ClN4O4/c26-20-7-5-16-6-8-21(28-23(16)27-20)30-19(17-3-1-2-4-18(17)24(30)32)15-22(31)29-11-9-25(10-12-29)33-13-14-34-25/h1-8,19H,9-15H2/t19-/m0/s1. The van der Waals surface area contributed by atoms with Crippen LogP contribution in [0.2, 0.25) is 5.15 Å². The molecule has 2 amide bonds. The number of rotatable bonds is 3. The van der Waals surface area contributed by atoms with E-state index in [2.05, 4.69) is 9.97 Å². The second-order valence-electron chi connectivity index (χ2n) is 8.82. The highest BCUT2D eigenvalue weighted by atomic mass is 35.5. The molecule has 34 heavy (non-hydrogen) atoms. The first-order valence-corrected chi connectivity index (χ1v) is 11.8. The molecular formula is C25H23ClN4O4. The molecule has 1 aromatic carbocycles. The molecule has 3 aliphatic heterocycles. The molecule has 8 nitrogen and oxygen atoms in total. The molecule has 0 aliphatic carbocycles. The lowest BCUT2D eigenvalue weighted by Gasteiger charge is -2.38. The number of hydrogen-bond donors (Lipinski definition) is 0. The van der Waals surface area contributed by atoms with E-state index in [1.54, 1.807) is 23.1 Å². The van der Waals surface area contributed by atoms with Crippen LogP contribution in [-0.4, -0.2) is 58.8 Å². The Labute approximate surface area is 201 Å². The van der Waals surface area contributed by atoms with Gasteiger partial charge in [0.25, 0.3) is 5.91 Å². The molecule has 6 rings (SSSR count). The van der Waals surface area contributed by atoms with Crippen molar-refractivity contribution < 1.29 is 19.1 Å². The van der Waals surface area contributed by atoms with Crippen molar-refractivity contribution in [1.82, 2.24) is 14.9 Å². The molecule has 0 N–H and O–H groups in total. The van der Waals surface area contributed by atoms with Crippen molar-refractivity contribution in [3.05, 3.63) is 64.8 Å². The molecule has 0 bridgehead atoms. The number of piperidine rings is 1. The lowest BCUT2D eigenvalue weighted by atomic mass is 9.99. The molecule has 0 saturated carbocycles. The number of amides is 2. The van der Waals surface area contributed by atoms with Gasteiger partial charge in [-0.3, -0.25) is 14.5 Å². The molecule has 5 heterocycles. The molecule has 3 aliphatic rings. The molecule has 2 saturated heterocycles. The Morgan fingerprint density at radius 2 is 1.76 bits per heavy atom. The SMILES string of the molecule is O=C(C[C@H]1c2ccccc2C(=O)N1c1ccc2ccc(Cl)nc2n1)N1CCC2(CC1)OCCO2. The third-order valence-electron chi connectivity index (χ3n) is 6.89. The second kappa shape index (κ2) is 8.30. The minimum atomic E-state index is -0.540. The van der Waals surface area contributed by atoms with Crippen LogP contribution in [0.4, 0.5) is 5.82 Å². The van der Waals surface area contributed by atoms with Crippen molar-refractivity contribution in [2.75, 3.05) is 31.2 Å². The maximum Gasteiger partial charge on any atom is 0.260 e. The number of ether oxygens (including phenoxy) is 2. The summed E-state index contributed by atoms with van der Waals surface area (Å²) in [6, 6.07) is 14.2. The summed E-state index contributed by atoms with van der Waals surface area (Å²) in [5.41, 5.74) is 1.88. The quantitative estimate of drug-likeness (QED) is 0.533. The lowest BCUT2D eigenvalue weighted by molar-refractivity contribution is -0.187. The average molecular weight is 479 g/mol. The van der Waals surface area contributed by atoms with E-state index < -0.39 is 11.8 Å². The number of fused-ring (bicyclic) bond motifs is 2. The third kappa shape index (κ3) is 3.62. The first-order valence-electron chi connectivity index (χ1n) is 11.4. The summed E-state index contributed by atoms with van der Waals surface area (Å²) in [6.45, 7) is 2.33. The molecule has 1 atom stereocenters. The van der Waals surface area contributed by atoms with Gasteiger partial charge in [-0.25, -0.2) is 9.97 Å².